The number of benzene rings is 1. The number of rotatable bonds is 0. The second kappa shape index (κ2) is 3.44. The van der Waals surface area contributed by atoms with Crippen molar-refractivity contribution in [2.75, 3.05) is 0 Å². The molecule has 0 N–H and O–H groups in total. The molecular weight excluding hydrogens is 370 g/mol. The van der Waals surface area contributed by atoms with E-state index in [4.69, 9.17) is 11.6 Å². The minimum absolute atomic E-state index is 0.878. The van der Waals surface area contributed by atoms with E-state index < -0.39 is 0 Å². The fourth-order valence-electron chi connectivity index (χ4n) is 1.01. The van der Waals surface area contributed by atoms with E-state index in [9.17, 15) is 0 Å². The predicted octanol–water partition coefficient (Wildman–Crippen LogP) is 4.92. The van der Waals surface area contributed by atoms with Crippen molar-refractivity contribution in [3.63, 3.8) is 0 Å². The van der Waals surface area contributed by atoms with E-state index in [-0.39, 0.29) is 0 Å². The van der Waals surface area contributed by atoms with Crippen LogP contribution >= 0.6 is 61.5 Å². The van der Waals surface area contributed by atoms with Crippen molar-refractivity contribution >= 4 is 71.5 Å². The Morgan fingerprint density at radius 2 is 2.17 bits per heavy atom. The summed E-state index contributed by atoms with van der Waals surface area (Å²) in [6.07, 6.45) is 0. The summed E-state index contributed by atoms with van der Waals surface area (Å²) < 4.78 is 4.37. The Morgan fingerprint density at radius 3 is 2.92 bits per heavy atom. The number of fused-ring (bicyclic) bond motifs is 1. The highest BCUT2D eigenvalue weighted by molar-refractivity contribution is 14.1. The third-order valence-electron chi connectivity index (χ3n) is 1.55. The first-order valence-electron chi connectivity index (χ1n) is 3.21. The van der Waals surface area contributed by atoms with Crippen LogP contribution in [0.2, 0.25) is 4.34 Å². The number of thiophene rings is 1. The molecule has 0 bridgehead atoms. The van der Waals surface area contributed by atoms with Gasteiger partial charge in [0.15, 0.2) is 0 Å². The molecule has 0 aliphatic rings. The number of halogens is 3. The number of hydrogen-bond acceptors (Lipinski definition) is 1. The van der Waals surface area contributed by atoms with Gasteiger partial charge in [-0.05, 0) is 34.7 Å². The van der Waals surface area contributed by atoms with E-state index in [0.717, 1.165) is 12.4 Å². The van der Waals surface area contributed by atoms with Crippen molar-refractivity contribution in [3.8, 4) is 0 Å². The first-order valence-corrected chi connectivity index (χ1v) is 6.28. The van der Waals surface area contributed by atoms with Gasteiger partial charge in [0.25, 0.3) is 0 Å². The highest BCUT2D eigenvalue weighted by Crippen LogP contribution is 2.37. The molecule has 0 fully saturated rings. The second-order valence-electron chi connectivity index (χ2n) is 2.33. The zero-order valence-corrected chi connectivity index (χ0v) is 11.1. The van der Waals surface area contributed by atoms with E-state index in [0.29, 0.717) is 0 Å². The van der Waals surface area contributed by atoms with Crippen LogP contribution in [-0.4, -0.2) is 0 Å². The maximum atomic E-state index is 6.00. The van der Waals surface area contributed by atoms with E-state index in [1.54, 1.807) is 11.3 Å². The highest BCUT2D eigenvalue weighted by Gasteiger charge is 2.06. The maximum Gasteiger partial charge on any atom is 0.107 e. The van der Waals surface area contributed by atoms with Gasteiger partial charge in [-0.3, -0.25) is 0 Å². The van der Waals surface area contributed by atoms with Gasteiger partial charge in [-0.1, -0.05) is 33.6 Å². The molecule has 12 heavy (non-hydrogen) atoms. The Balaban J connectivity index is 2.87. The molecule has 0 radical (unpaired) electrons. The highest BCUT2D eigenvalue weighted by atomic mass is 127. The van der Waals surface area contributed by atoms with Crippen molar-refractivity contribution < 1.29 is 0 Å². The van der Waals surface area contributed by atoms with Crippen LogP contribution in [0.15, 0.2) is 22.7 Å². The molecule has 0 aliphatic carbocycles. The minimum Gasteiger partial charge on any atom is -0.122 e. The fraction of sp³-hybridized carbons (Fsp3) is 0. The monoisotopic (exact) mass is 372 g/mol. The van der Waals surface area contributed by atoms with Gasteiger partial charge in [-0.15, -0.1) is 11.3 Å². The molecule has 2 aromatic rings. The summed E-state index contributed by atoms with van der Waals surface area (Å²) in [6.45, 7) is 0. The Hall–Kier alpha value is 0.680. The summed E-state index contributed by atoms with van der Waals surface area (Å²) in [5.74, 6) is 0. The molecule has 2 rings (SSSR count). The molecule has 0 amide bonds. The third kappa shape index (κ3) is 1.52. The second-order valence-corrected chi connectivity index (χ2v) is 5.98. The molecule has 1 aromatic carbocycles. The zero-order valence-electron chi connectivity index (χ0n) is 5.77. The Labute approximate surface area is 101 Å². The molecule has 0 atom stereocenters. The van der Waals surface area contributed by atoms with Crippen LogP contribution in [0.25, 0.3) is 10.1 Å². The van der Waals surface area contributed by atoms with Crippen LogP contribution in [-0.2, 0) is 0 Å². The molecule has 0 nitrogen and oxygen atoms in total. The lowest BCUT2D eigenvalue weighted by Gasteiger charge is -1.90. The molecule has 0 unspecified atom stereocenters. The van der Waals surface area contributed by atoms with Gasteiger partial charge in [-0.25, -0.2) is 0 Å². The summed E-state index contributed by atoms with van der Waals surface area (Å²) in [6, 6.07) is 6.21. The lowest BCUT2D eigenvalue weighted by Crippen LogP contribution is -1.67. The van der Waals surface area contributed by atoms with Gasteiger partial charge in [-0.2, -0.15) is 0 Å². The number of hydrogen-bond donors (Lipinski definition) is 0. The Kier molecular flexibility index (Phi) is 2.65. The molecule has 1 aromatic heterocycles. The minimum atomic E-state index is 0.878. The molecule has 0 spiro atoms. The largest absolute Gasteiger partial charge is 0.122 e. The molecule has 4 heteroatoms. The first kappa shape index (κ1) is 9.24. The van der Waals surface area contributed by atoms with Crippen molar-refractivity contribution in [1.82, 2.24) is 0 Å². The SMILES string of the molecule is Clc1sc2cc(Br)ccc2c1I. The molecule has 0 saturated carbocycles. The lowest BCUT2D eigenvalue weighted by atomic mass is 10.3. The summed E-state index contributed by atoms with van der Waals surface area (Å²) in [5, 5.41) is 1.24. The molecule has 0 saturated heterocycles. The standard InChI is InChI=1S/C8H3BrClIS/c9-4-1-2-5-6(3-4)12-8(10)7(5)11/h1-3H. The molecule has 0 aliphatic heterocycles. The molecule has 62 valence electrons. The van der Waals surface area contributed by atoms with Crippen LogP contribution in [0, 0.1) is 3.57 Å². The summed E-state index contributed by atoms with van der Waals surface area (Å²) in [5.41, 5.74) is 0. The van der Waals surface area contributed by atoms with Gasteiger partial charge in [0.05, 0.1) is 3.57 Å². The van der Waals surface area contributed by atoms with Gasteiger partial charge < -0.3 is 0 Å². The van der Waals surface area contributed by atoms with Gasteiger partial charge in [0.2, 0.25) is 0 Å². The van der Waals surface area contributed by atoms with E-state index in [1.165, 1.54) is 10.1 Å². The van der Waals surface area contributed by atoms with E-state index >= 15 is 0 Å². The average Bonchev–Trinajstić information content (AvgIpc) is 2.28. The average molecular weight is 373 g/mol. The van der Waals surface area contributed by atoms with Crippen molar-refractivity contribution in [1.29, 1.82) is 0 Å². The topological polar surface area (TPSA) is 0 Å². The van der Waals surface area contributed by atoms with E-state index in [2.05, 4.69) is 50.7 Å². The van der Waals surface area contributed by atoms with Gasteiger partial charge in [0.1, 0.15) is 4.34 Å². The van der Waals surface area contributed by atoms with Gasteiger partial charge in [0, 0.05) is 14.6 Å². The van der Waals surface area contributed by atoms with Crippen molar-refractivity contribution in [3.05, 3.63) is 30.6 Å². The van der Waals surface area contributed by atoms with Crippen LogP contribution < -0.4 is 0 Å². The first-order chi connectivity index (χ1) is 5.68. The Bertz CT molecular complexity index is 438. The zero-order chi connectivity index (χ0) is 8.72. The summed E-state index contributed by atoms with van der Waals surface area (Å²) in [4.78, 5) is 0. The summed E-state index contributed by atoms with van der Waals surface area (Å²) >= 11 is 13.3. The molecule has 1 heterocycles. The van der Waals surface area contributed by atoms with E-state index in [1.807, 2.05) is 6.07 Å². The van der Waals surface area contributed by atoms with Crippen molar-refractivity contribution in [2.24, 2.45) is 0 Å². The Morgan fingerprint density at radius 1 is 1.42 bits per heavy atom. The molecular formula is C8H3BrClIS. The predicted molar refractivity (Wildman–Crippen MR) is 67.3 cm³/mol. The van der Waals surface area contributed by atoms with Crippen LogP contribution in [0.4, 0.5) is 0 Å². The van der Waals surface area contributed by atoms with Gasteiger partial charge >= 0.3 is 0 Å². The lowest BCUT2D eigenvalue weighted by molar-refractivity contribution is 1.76. The summed E-state index contributed by atoms with van der Waals surface area (Å²) in [7, 11) is 0. The fourth-order valence-corrected chi connectivity index (χ4v) is 3.72. The normalized spacial score (nSPS) is 10.9. The van der Waals surface area contributed by atoms with Crippen molar-refractivity contribution in [2.45, 2.75) is 0 Å². The smallest absolute Gasteiger partial charge is 0.107 e. The van der Waals surface area contributed by atoms with Crippen LogP contribution in [0.5, 0.6) is 0 Å². The maximum absolute atomic E-state index is 6.00. The quantitative estimate of drug-likeness (QED) is 0.575. The third-order valence-corrected chi connectivity index (χ3v) is 5.21. The van der Waals surface area contributed by atoms with Crippen LogP contribution in [0.1, 0.15) is 0 Å². The van der Waals surface area contributed by atoms with Crippen LogP contribution in [0.3, 0.4) is 0 Å².